The number of alkyl halides is 3. The smallest absolute Gasteiger partial charge is 0.376 e. The van der Waals surface area contributed by atoms with Gasteiger partial charge < -0.3 is 14.5 Å². The Morgan fingerprint density at radius 1 is 0.973 bits per heavy atom. The highest BCUT2D eigenvalue weighted by Gasteiger charge is 2.31. The van der Waals surface area contributed by atoms with Gasteiger partial charge in [-0.25, -0.2) is 0 Å². The van der Waals surface area contributed by atoms with E-state index in [1.54, 1.807) is 16.2 Å². The number of hydrogen-bond acceptors (Lipinski definition) is 4. The van der Waals surface area contributed by atoms with Crippen LogP contribution in [-0.4, -0.2) is 47.4 Å². The van der Waals surface area contributed by atoms with Crippen LogP contribution in [-0.2, 0) is 28.8 Å². The molecule has 0 spiro atoms. The van der Waals surface area contributed by atoms with Crippen molar-refractivity contribution >= 4 is 23.2 Å². The van der Waals surface area contributed by atoms with Gasteiger partial charge in [0, 0.05) is 35.0 Å². The van der Waals surface area contributed by atoms with Gasteiger partial charge in [-0.1, -0.05) is 30.3 Å². The minimum absolute atomic E-state index is 0.0993. The zero-order valence-electron chi connectivity index (χ0n) is 20.5. The van der Waals surface area contributed by atoms with Crippen molar-refractivity contribution in [3.8, 4) is 0 Å². The van der Waals surface area contributed by atoms with Crippen molar-refractivity contribution < 1.29 is 27.5 Å². The molecule has 5 nitrogen and oxygen atoms in total. The second kappa shape index (κ2) is 11.9. The van der Waals surface area contributed by atoms with Gasteiger partial charge in [-0.15, -0.1) is 11.3 Å². The Balaban J connectivity index is 1.55. The van der Waals surface area contributed by atoms with Crippen LogP contribution in [0.2, 0.25) is 0 Å². The summed E-state index contributed by atoms with van der Waals surface area (Å²) >= 11 is 1.61. The standard InChI is InChI=1S/C28H29F3N2O3S/c1-20-9-14-25(37-20)18-32(16-21-6-3-2-4-7-21)26(34)19-33(17-24-8-5-15-36-24)27(35)22-10-12-23(13-11-22)28(29,30)31/h2-4,6-7,9-14,24H,5,8,15-19H2,1H3/t24-/m0/s1. The topological polar surface area (TPSA) is 49.9 Å². The molecule has 0 saturated carbocycles. The number of halogens is 3. The Bertz CT molecular complexity index is 1190. The van der Waals surface area contributed by atoms with Crippen LogP contribution < -0.4 is 0 Å². The monoisotopic (exact) mass is 530 g/mol. The molecule has 2 aromatic carbocycles. The fourth-order valence-electron chi connectivity index (χ4n) is 4.30. The number of ether oxygens (including phenoxy) is 1. The minimum Gasteiger partial charge on any atom is -0.376 e. The van der Waals surface area contributed by atoms with Gasteiger partial charge in [0.05, 0.1) is 18.2 Å². The molecule has 1 atom stereocenters. The van der Waals surface area contributed by atoms with Crippen LogP contribution in [0.15, 0.2) is 66.7 Å². The molecular formula is C28H29F3N2O3S. The van der Waals surface area contributed by atoms with E-state index in [1.807, 2.05) is 49.4 Å². The second-order valence-corrected chi connectivity index (χ2v) is 10.5. The summed E-state index contributed by atoms with van der Waals surface area (Å²) in [5.41, 5.74) is 0.234. The number of carbonyl (C=O) groups excluding carboxylic acids is 2. The molecule has 1 aliphatic heterocycles. The van der Waals surface area contributed by atoms with Crippen LogP contribution in [0, 0.1) is 6.92 Å². The lowest BCUT2D eigenvalue weighted by atomic mass is 10.1. The molecule has 3 aromatic rings. The van der Waals surface area contributed by atoms with Crippen molar-refractivity contribution in [2.45, 2.75) is 45.1 Å². The number of rotatable bonds is 9. The van der Waals surface area contributed by atoms with Crippen LogP contribution in [0.4, 0.5) is 13.2 Å². The maximum Gasteiger partial charge on any atom is 0.416 e. The van der Waals surface area contributed by atoms with E-state index in [4.69, 9.17) is 4.74 Å². The van der Waals surface area contributed by atoms with Crippen LogP contribution in [0.3, 0.4) is 0 Å². The lowest BCUT2D eigenvalue weighted by Crippen LogP contribution is -2.45. The molecule has 1 aliphatic rings. The molecule has 1 saturated heterocycles. The molecule has 37 heavy (non-hydrogen) atoms. The lowest BCUT2D eigenvalue weighted by molar-refractivity contribution is -0.137. The van der Waals surface area contributed by atoms with Crippen molar-refractivity contribution in [3.05, 3.63) is 93.2 Å². The average molecular weight is 531 g/mol. The first-order valence-corrected chi connectivity index (χ1v) is 13.0. The molecule has 9 heteroatoms. The largest absolute Gasteiger partial charge is 0.416 e. The van der Waals surface area contributed by atoms with E-state index < -0.39 is 17.6 Å². The van der Waals surface area contributed by atoms with Gasteiger partial charge in [0.1, 0.15) is 6.54 Å². The van der Waals surface area contributed by atoms with Gasteiger partial charge >= 0.3 is 6.18 Å². The van der Waals surface area contributed by atoms with Crippen LogP contribution in [0.5, 0.6) is 0 Å². The Labute approximate surface area is 218 Å². The van der Waals surface area contributed by atoms with Gasteiger partial charge in [0.25, 0.3) is 5.91 Å². The molecule has 1 aromatic heterocycles. The van der Waals surface area contributed by atoms with Crippen molar-refractivity contribution in [1.82, 2.24) is 9.80 Å². The summed E-state index contributed by atoms with van der Waals surface area (Å²) in [5, 5.41) is 0. The molecule has 4 rings (SSSR count). The number of thiophene rings is 1. The Kier molecular flexibility index (Phi) is 8.66. The predicted molar refractivity (Wildman–Crippen MR) is 136 cm³/mol. The molecule has 0 radical (unpaired) electrons. The van der Waals surface area contributed by atoms with E-state index >= 15 is 0 Å². The average Bonchev–Trinajstić information content (AvgIpc) is 3.54. The normalized spacial score (nSPS) is 15.5. The fraction of sp³-hybridized carbons (Fsp3) is 0.357. The summed E-state index contributed by atoms with van der Waals surface area (Å²) in [4.78, 5) is 32.3. The quantitative estimate of drug-likeness (QED) is 0.345. The number of aryl methyl sites for hydroxylation is 1. The molecule has 2 amide bonds. The Hall–Kier alpha value is -3.17. The Morgan fingerprint density at radius 2 is 1.70 bits per heavy atom. The highest BCUT2D eigenvalue weighted by molar-refractivity contribution is 7.11. The SMILES string of the molecule is Cc1ccc(CN(Cc2ccccc2)C(=O)CN(C[C@@H]2CCCO2)C(=O)c2ccc(C(F)(F)F)cc2)s1. The van der Waals surface area contributed by atoms with Crippen molar-refractivity contribution in [1.29, 1.82) is 0 Å². The van der Waals surface area contributed by atoms with Gasteiger partial charge in [-0.2, -0.15) is 13.2 Å². The number of nitrogens with zero attached hydrogens (tertiary/aromatic N) is 2. The third kappa shape index (κ3) is 7.42. The van der Waals surface area contributed by atoms with Gasteiger partial charge in [-0.05, 0) is 61.7 Å². The lowest BCUT2D eigenvalue weighted by Gasteiger charge is -2.29. The van der Waals surface area contributed by atoms with E-state index in [0.29, 0.717) is 19.7 Å². The molecule has 0 unspecified atom stereocenters. The molecule has 196 valence electrons. The zero-order valence-corrected chi connectivity index (χ0v) is 21.4. The van der Waals surface area contributed by atoms with Crippen LogP contribution in [0.1, 0.15) is 44.1 Å². The highest BCUT2D eigenvalue weighted by Crippen LogP contribution is 2.29. The summed E-state index contributed by atoms with van der Waals surface area (Å²) in [6.07, 6.45) is -3.09. The summed E-state index contributed by atoms with van der Waals surface area (Å²) in [6, 6.07) is 17.7. The molecule has 2 heterocycles. The molecular weight excluding hydrogens is 501 g/mol. The molecule has 1 fully saturated rings. The third-order valence-corrected chi connectivity index (χ3v) is 7.22. The number of amides is 2. The minimum atomic E-state index is -4.49. The number of hydrogen-bond donors (Lipinski definition) is 0. The third-order valence-electron chi connectivity index (χ3n) is 6.23. The second-order valence-electron chi connectivity index (χ2n) is 9.14. The first-order valence-electron chi connectivity index (χ1n) is 12.1. The van der Waals surface area contributed by atoms with Crippen molar-refractivity contribution in [2.75, 3.05) is 19.7 Å². The number of benzene rings is 2. The summed E-state index contributed by atoms with van der Waals surface area (Å²) in [5.74, 6) is -0.739. The Morgan fingerprint density at radius 3 is 2.30 bits per heavy atom. The number of carbonyl (C=O) groups is 2. The maximum absolute atomic E-state index is 13.6. The first-order chi connectivity index (χ1) is 17.7. The van der Waals surface area contributed by atoms with Gasteiger partial charge in [0.15, 0.2) is 0 Å². The summed E-state index contributed by atoms with van der Waals surface area (Å²) < 4.78 is 44.7. The van der Waals surface area contributed by atoms with E-state index in [1.165, 1.54) is 4.90 Å². The highest BCUT2D eigenvalue weighted by atomic mass is 32.1. The van der Waals surface area contributed by atoms with Crippen molar-refractivity contribution in [3.63, 3.8) is 0 Å². The van der Waals surface area contributed by atoms with E-state index in [2.05, 4.69) is 0 Å². The van der Waals surface area contributed by atoms with E-state index in [0.717, 1.165) is 52.4 Å². The summed E-state index contributed by atoms with van der Waals surface area (Å²) in [6.45, 7) is 3.36. The van der Waals surface area contributed by atoms with E-state index in [-0.39, 0.29) is 30.7 Å². The molecule has 0 N–H and O–H groups in total. The molecule has 0 bridgehead atoms. The van der Waals surface area contributed by atoms with Crippen LogP contribution >= 0.6 is 11.3 Å². The van der Waals surface area contributed by atoms with Gasteiger partial charge in [0.2, 0.25) is 5.91 Å². The predicted octanol–water partition coefficient (Wildman–Crippen LogP) is 5.93. The molecule has 0 aliphatic carbocycles. The van der Waals surface area contributed by atoms with Crippen molar-refractivity contribution in [2.24, 2.45) is 0 Å². The van der Waals surface area contributed by atoms with E-state index in [9.17, 15) is 22.8 Å². The van der Waals surface area contributed by atoms with Gasteiger partial charge in [-0.3, -0.25) is 9.59 Å². The summed E-state index contributed by atoms with van der Waals surface area (Å²) in [7, 11) is 0. The fourth-order valence-corrected chi connectivity index (χ4v) is 5.20. The van der Waals surface area contributed by atoms with Crippen LogP contribution in [0.25, 0.3) is 0 Å². The maximum atomic E-state index is 13.6. The first kappa shape index (κ1) is 26.9. The zero-order chi connectivity index (χ0) is 26.4.